The summed E-state index contributed by atoms with van der Waals surface area (Å²) >= 11 is 0. The third-order valence-corrected chi connectivity index (χ3v) is 6.20. The minimum Gasteiger partial charge on any atom is -0.497 e. The van der Waals surface area contributed by atoms with E-state index in [0.29, 0.717) is 19.6 Å². The van der Waals surface area contributed by atoms with Gasteiger partial charge in [0, 0.05) is 25.5 Å². The number of methoxy groups -OCH3 is 2. The van der Waals surface area contributed by atoms with Gasteiger partial charge in [0.1, 0.15) is 17.2 Å². The van der Waals surface area contributed by atoms with E-state index in [9.17, 15) is 9.90 Å². The Morgan fingerprint density at radius 1 is 0.737 bits per heavy atom. The Morgan fingerprint density at radius 2 is 1.37 bits per heavy atom. The summed E-state index contributed by atoms with van der Waals surface area (Å²) in [6.45, 7) is 0.995. The van der Waals surface area contributed by atoms with Crippen LogP contribution in [0.3, 0.4) is 0 Å². The number of aliphatic carboxylic acids is 1. The molecule has 0 radical (unpaired) electrons. The van der Waals surface area contributed by atoms with Gasteiger partial charge in [0.25, 0.3) is 0 Å². The zero-order valence-electron chi connectivity index (χ0n) is 21.6. The zero-order chi connectivity index (χ0) is 26.7. The lowest BCUT2D eigenvalue weighted by molar-refractivity contribution is -0.148. The van der Waals surface area contributed by atoms with Crippen LogP contribution in [-0.4, -0.2) is 44.6 Å². The van der Waals surface area contributed by atoms with E-state index in [1.165, 1.54) is 12.7 Å². The minimum absolute atomic E-state index is 0.256. The van der Waals surface area contributed by atoms with Gasteiger partial charge in [0.05, 0.1) is 20.3 Å². The topological polar surface area (TPSA) is 74.2 Å². The molecule has 4 aromatic carbocycles. The molecule has 196 valence electrons. The Bertz CT molecular complexity index is 1300. The Balaban J connectivity index is 1.38. The van der Waals surface area contributed by atoms with E-state index >= 15 is 0 Å². The summed E-state index contributed by atoms with van der Waals surface area (Å²) in [4.78, 5) is 11.4. The van der Waals surface area contributed by atoms with Crippen molar-refractivity contribution in [3.05, 3.63) is 103 Å². The quantitative estimate of drug-likeness (QED) is 0.206. The van der Waals surface area contributed by atoms with Crippen molar-refractivity contribution in [3.63, 3.8) is 0 Å². The summed E-state index contributed by atoms with van der Waals surface area (Å²) < 4.78 is 22.4. The van der Waals surface area contributed by atoms with Crippen molar-refractivity contribution in [2.45, 2.75) is 18.9 Å². The average molecular weight is 513 g/mol. The lowest BCUT2D eigenvalue weighted by Gasteiger charge is -2.16. The van der Waals surface area contributed by atoms with Crippen LogP contribution in [0.5, 0.6) is 17.2 Å². The summed E-state index contributed by atoms with van der Waals surface area (Å²) in [6, 6.07) is 31.7. The molecule has 0 spiro atoms. The Hall–Kier alpha value is -4.29. The van der Waals surface area contributed by atoms with Gasteiger partial charge in [0.15, 0.2) is 6.10 Å². The molecular weight excluding hydrogens is 480 g/mol. The second kappa shape index (κ2) is 13.3. The molecule has 0 aliphatic rings. The number of hydrogen-bond donors (Lipinski definition) is 1. The molecule has 1 atom stereocenters. The summed E-state index contributed by atoms with van der Waals surface area (Å²) in [5.41, 5.74) is 4.99. The molecule has 0 amide bonds. The van der Waals surface area contributed by atoms with Crippen LogP contribution in [0.4, 0.5) is 0 Å². The van der Waals surface area contributed by atoms with Crippen molar-refractivity contribution in [2.75, 3.05) is 27.4 Å². The highest BCUT2D eigenvalue weighted by molar-refractivity contribution is 5.74. The predicted molar refractivity (Wildman–Crippen MR) is 148 cm³/mol. The van der Waals surface area contributed by atoms with Crippen LogP contribution < -0.4 is 14.2 Å². The molecule has 38 heavy (non-hydrogen) atoms. The first-order valence-electron chi connectivity index (χ1n) is 12.5. The fraction of sp³-hybridized carbons (Fsp3) is 0.219. The second-order valence-electron chi connectivity index (χ2n) is 8.77. The Labute approximate surface area is 223 Å². The van der Waals surface area contributed by atoms with E-state index in [2.05, 4.69) is 24.3 Å². The number of carboxylic acids is 1. The average Bonchev–Trinajstić information content (AvgIpc) is 2.97. The molecular formula is C32H32O6. The first-order valence-corrected chi connectivity index (χ1v) is 12.5. The SMILES string of the molecule is COc1ccc(-c2cc(C[C@H](OC)C(=O)O)ccc2OCCCOc2ccc(-c3ccccc3)cc2)cc1. The number of carbonyl (C=O) groups is 1. The molecule has 4 rings (SSSR count). The van der Waals surface area contributed by atoms with Crippen LogP contribution in [0.15, 0.2) is 97.1 Å². The van der Waals surface area contributed by atoms with Gasteiger partial charge in [-0.2, -0.15) is 0 Å². The molecule has 0 aliphatic carbocycles. The fourth-order valence-corrected chi connectivity index (χ4v) is 4.12. The second-order valence-corrected chi connectivity index (χ2v) is 8.77. The van der Waals surface area contributed by atoms with E-state index in [-0.39, 0.29) is 6.42 Å². The van der Waals surface area contributed by atoms with Crippen LogP contribution in [0, 0.1) is 0 Å². The fourth-order valence-electron chi connectivity index (χ4n) is 4.12. The van der Waals surface area contributed by atoms with Crippen molar-refractivity contribution >= 4 is 5.97 Å². The highest BCUT2D eigenvalue weighted by Gasteiger charge is 2.18. The third kappa shape index (κ3) is 7.14. The number of rotatable bonds is 13. The van der Waals surface area contributed by atoms with Crippen LogP contribution in [0.2, 0.25) is 0 Å². The van der Waals surface area contributed by atoms with Gasteiger partial charge in [0.2, 0.25) is 0 Å². The summed E-state index contributed by atoms with van der Waals surface area (Å²) in [5, 5.41) is 9.37. The molecule has 0 saturated carbocycles. The number of hydrogen-bond acceptors (Lipinski definition) is 5. The maximum absolute atomic E-state index is 11.4. The first-order chi connectivity index (χ1) is 18.6. The molecule has 4 aromatic rings. The van der Waals surface area contributed by atoms with Crippen LogP contribution in [-0.2, 0) is 16.0 Å². The van der Waals surface area contributed by atoms with Gasteiger partial charge in [-0.25, -0.2) is 4.79 Å². The summed E-state index contributed by atoms with van der Waals surface area (Å²) in [7, 11) is 3.03. The molecule has 1 N–H and O–H groups in total. The number of benzene rings is 4. The number of ether oxygens (including phenoxy) is 4. The van der Waals surface area contributed by atoms with E-state index in [0.717, 1.165) is 39.5 Å². The lowest BCUT2D eigenvalue weighted by Crippen LogP contribution is -2.24. The summed E-state index contributed by atoms with van der Waals surface area (Å²) in [5.74, 6) is 1.30. The van der Waals surface area contributed by atoms with Gasteiger partial charge < -0.3 is 24.1 Å². The first kappa shape index (κ1) is 26.8. The highest BCUT2D eigenvalue weighted by atomic mass is 16.5. The van der Waals surface area contributed by atoms with Crippen molar-refractivity contribution in [3.8, 4) is 39.5 Å². The maximum Gasteiger partial charge on any atom is 0.333 e. The zero-order valence-corrected chi connectivity index (χ0v) is 21.6. The molecule has 0 fully saturated rings. The van der Waals surface area contributed by atoms with E-state index < -0.39 is 12.1 Å². The van der Waals surface area contributed by atoms with E-state index in [1.807, 2.05) is 72.8 Å². The monoisotopic (exact) mass is 512 g/mol. The van der Waals surface area contributed by atoms with E-state index in [1.54, 1.807) is 7.11 Å². The number of carboxylic acid groups (broad SMARTS) is 1. The smallest absolute Gasteiger partial charge is 0.333 e. The van der Waals surface area contributed by atoms with Crippen molar-refractivity contribution in [1.29, 1.82) is 0 Å². The molecule has 0 aliphatic heterocycles. The molecule has 6 nitrogen and oxygen atoms in total. The van der Waals surface area contributed by atoms with Gasteiger partial charge in [-0.3, -0.25) is 0 Å². The van der Waals surface area contributed by atoms with Crippen molar-refractivity contribution in [2.24, 2.45) is 0 Å². The van der Waals surface area contributed by atoms with Gasteiger partial charge in [-0.1, -0.05) is 60.7 Å². The Morgan fingerprint density at radius 3 is 2.03 bits per heavy atom. The third-order valence-electron chi connectivity index (χ3n) is 6.20. The standard InChI is InChI=1S/C32H32O6/c1-35-27-14-12-26(13-15-27)29-21-23(22-31(36-2)32(33)34)9-18-30(29)38-20-6-19-37-28-16-10-25(11-17-28)24-7-4-3-5-8-24/h3-5,7-18,21,31H,6,19-20,22H2,1-2H3,(H,33,34)/t31-/m0/s1. The van der Waals surface area contributed by atoms with Gasteiger partial charge in [-0.05, 0) is 58.7 Å². The molecule has 0 aromatic heterocycles. The van der Waals surface area contributed by atoms with Crippen molar-refractivity contribution < 1.29 is 28.8 Å². The minimum atomic E-state index is -0.992. The van der Waals surface area contributed by atoms with Crippen molar-refractivity contribution in [1.82, 2.24) is 0 Å². The van der Waals surface area contributed by atoms with E-state index in [4.69, 9.17) is 18.9 Å². The van der Waals surface area contributed by atoms with Gasteiger partial charge in [-0.15, -0.1) is 0 Å². The highest BCUT2D eigenvalue weighted by Crippen LogP contribution is 2.33. The summed E-state index contributed by atoms with van der Waals surface area (Å²) in [6.07, 6.45) is 0.0469. The van der Waals surface area contributed by atoms with Gasteiger partial charge >= 0.3 is 5.97 Å². The normalized spacial score (nSPS) is 11.5. The van der Waals surface area contributed by atoms with Crippen LogP contribution in [0.25, 0.3) is 22.3 Å². The molecule has 0 heterocycles. The molecule has 0 saturated heterocycles. The van der Waals surface area contributed by atoms with Crippen LogP contribution >= 0.6 is 0 Å². The maximum atomic E-state index is 11.4. The molecule has 6 heteroatoms. The Kier molecular flexibility index (Phi) is 9.37. The lowest BCUT2D eigenvalue weighted by atomic mass is 9.99. The molecule has 0 unspecified atom stereocenters. The largest absolute Gasteiger partial charge is 0.497 e. The van der Waals surface area contributed by atoms with Crippen LogP contribution in [0.1, 0.15) is 12.0 Å². The molecule has 0 bridgehead atoms. The predicted octanol–water partition coefficient (Wildman–Crippen LogP) is 6.52.